The van der Waals surface area contributed by atoms with Gasteiger partial charge in [-0.15, -0.1) is 0 Å². The fraction of sp³-hybridized carbons (Fsp3) is 0.750. The average molecular weight is 200 g/mol. The quantitative estimate of drug-likeness (QED) is 0.328. The maximum atomic E-state index is 11.5. The molecule has 3 unspecified atom stereocenters. The van der Waals surface area contributed by atoms with Gasteiger partial charge in [0.15, 0.2) is 5.78 Å². The molecular formula is C8H14N3O3-. The molecule has 0 aromatic heterocycles. The van der Waals surface area contributed by atoms with Crippen LogP contribution in [0.5, 0.6) is 0 Å². The van der Waals surface area contributed by atoms with E-state index >= 15 is 0 Å². The number of Topliss-reactive ketones (excluding diaryl/α,β-unsaturated/α-hetero) is 2. The van der Waals surface area contributed by atoms with Crippen molar-refractivity contribution in [1.82, 2.24) is 5.17 Å². The molecule has 80 valence electrons. The van der Waals surface area contributed by atoms with Gasteiger partial charge in [0, 0.05) is 13.0 Å². The van der Waals surface area contributed by atoms with Gasteiger partial charge in [0.05, 0.1) is 12.0 Å². The predicted molar refractivity (Wildman–Crippen MR) is 49.5 cm³/mol. The first-order chi connectivity index (χ1) is 6.43. The van der Waals surface area contributed by atoms with Crippen molar-refractivity contribution in [2.45, 2.75) is 19.4 Å². The molecule has 0 aromatic rings. The Morgan fingerprint density at radius 1 is 1.57 bits per heavy atom. The summed E-state index contributed by atoms with van der Waals surface area (Å²) in [4.78, 5) is 22.9. The Bertz CT molecular complexity index is 254. The van der Waals surface area contributed by atoms with Gasteiger partial charge in [-0.25, -0.2) is 0 Å². The van der Waals surface area contributed by atoms with Crippen LogP contribution in [-0.4, -0.2) is 29.3 Å². The third-order valence-electron chi connectivity index (χ3n) is 2.56. The van der Waals surface area contributed by atoms with Crippen LogP contribution >= 0.6 is 0 Å². The van der Waals surface area contributed by atoms with E-state index in [1.807, 2.05) is 0 Å². The number of ketones is 2. The lowest BCUT2D eigenvalue weighted by Crippen LogP contribution is -2.52. The Hall–Kier alpha value is -0.820. The highest BCUT2D eigenvalue weighted by Gasteiger charge is 2.38. The second kappa shape index (κ2) is 4.14. The van der Waals surface area contributed by atoms with Crippen LogP contribution < -0.4 is 11.6 Å². The Morgan fingerprint density at radius 2 is 2.14 bits per heavy atom. The highest BCUT2D eigenvalue weighted by atomic mass is 16.5. The highest BCUT2D eigenvalue weighted by molar-refractivity contribution is 6.07. The smallest absolute Gasteiger partial charge is 0.161 e. The summed E-state index contributed by atoms with van der Waals surface area (Å²) in [6, 6.07) is -0.655. The first-order valence-electron chi connectivity index (χ1n) is 4.45. The van der Waals surface area contributed by atoms with E-state index in [9.17, 15) is 14.8 Å². The Balaban J connectivity index is 2.74. The first-order valence-corrected chi connectivity index (χ1v) is 4.45. The molecule has 4 N–H and O–H groups in total. The average Bonchev–Trinajstić information content (AvgIpc) is 2.09. The molecule has 6 nitrogen and oxygen atoms in total. The van der Waals surface area contributed by atoms with E-state index in [4.69, 9.17) is 11.6 Å². The minimum atomic E-state index is -0.941. The number of hydrazine groups is 1. The normalized spacial score (nSPS) is 33.9. The highest BCUT2D eigenvalue weighted by Crippen LogP contribution is 2.22. The van der Waals surface area contributed by atoms with Gasteiger partial charge in [0.1, 0.15) is 5.78 Å². The van der Waals surface area contributed by atoms with Gasteiger partial charge in [-0.1, -0.05) is 6.92 Å². The second-order valence-electron chi connectivity index (χ2n) is 3.73. The number of nitrogens with zero attached hydrogens (tertiary/aromatic N) is 1. The maximum Gasteiger partial charge on any atom is 0.161 e. The standard InChI is InChI=1S/C8H14N3O3/c1-4-2-6(12)5(3-11(10)14)8(13)7(4)9/h4-5,7H,2-3,9-10H2,1H3/q-1. The van der Waals surface area contributed by atoms with Crippen LogP contribution in [0.4, 0.5) is 0 Å². The minimum absolute atomic E-state index is 0.100. The van der Waals surface area contributed by atoms with Gasteiger partial charge in [-0.05, 0) is 5.92 Å². The molecule has 0 bridgehead atoms. The molecule has 0 heterocycles. The van der Waals surface area contributed by atoms with Gasteiger partial charge in [0.2, 0.25) is 0 Å². The molecule has 1 rings (SSSR count). The maximum absolute atomic E-state index is 11.5. The van der Waals surface area contributed by atoms with Crippen molar-refractivity contribution in [2.75, 3.05) is 6.54 Å². The van der Waals surface area contributed by atoms with Crippen molar-refractivity contribution in [2.24, 2.45) is 23.4 Å². The Morgan fingerprint density at radius 3 is 2.64 bits per heavy atom. The summed E-state index contributed by atoms with van der Waals surface area (Å²) in [5.74, 6) is 3.16. The van der Waals surface area contributed by atoms with E-state index in [0.717, 1.165) is 0 Å². The van der Waals surface area contributed by atoms with Crippen molar-refractivity contribution in [3.05, 3.63) is 5.21 Å². The molecule has 0 amide bonds. The van der Waals surface area contributed by atoms with E-state index in [2.05, 4.69) is 0 Å². The molecule has 14 heavy (non-hydrogen) atoms. The van der Waals surface area contributed by atoms with E-state index in [-0.39, 0.29) is 35.6 Å². The monoisotopic (exact) mass is 200 g/mol. The summed E-state index contributed by atoms with van der Waals surface area (Å²) in [5.41, 5.74) is 5.59. The van der Waals surface area contributed by atoms with Crippen LogP contribution in [0.25, 0.3) is 0 Å². The van der Waals surface area contributed by atoms with Crippen molar-refractivity contribution >= 4 is 11.6 Å². The second-order valence-corrected chi connectivity index (χ2v) is 3.73. The summed E-state index contributed by atoms with van der Waals surface area (Å²) >= 11 is 0. The fourth-order valence-electron chi connectivity index (χ4n) is 1.63. The van der Waals surface area contributed by atoms with Crippen molar-refractivity contribution in [3.63, 3.8) is 0 Å². The summed E-state index contributed by atoms with van der Waals surface area (Å²) in [6.45, 7) is 1.45. The van der Waals surface area contributed by atoms with Crippen molar-refractivity contribution < 1.29 is 9.59 Å². The van der Waals surface area contributed by atoms with Crippen molar-refractivity contribution in [3.8, 4) is 0 Å². The topological polar surface area (TPSA) is 112 Å². The van der Waals surface area contributed by atoms with Crippen LogP contribution in [0.15, 0.2) is 0 Å². The predicted octanol–water partition coefficient (Wildman–Crippen LogP) is -1.22. The van der Waals surface area contributed by atoms with Crippen LogP contribution in [0, 0.1) is 17.0 Å². The molecular weight excluding hydrogens is 186 g/mol. The summed E-state index contributed by atoms with van der Waals surface area (Å²) in [6.07, 6.45) is 0.241. The van der Waals surface area contributed by atoms with Gasteiger partial charge in [-0.2, -0.15) is 0 Å². The number of carbonyl (C=O) groups excluding carboxylic acids is 2. The Labute approximate surface area is 81.8 Å². The number of hydrogen-bond donors (Lipinski definition) is 2. The third-order valence-corrected chi connectivity index (χ3v) is 2.56. The summed E-state index contributed by atoms with van der Waals surface area (Å²) in [5, 5.41) is 10.6. The lowest BCUT2D eigenvalue weighted by atomic mass is 9.77. The lowest BCUT2D eigenvalue weighted by molar-refractivity contribution is -0.139. The van der Waals surface area contributed by atoms with Gasteiger partial charge in [-0.3, -0.25) is 15.4 Å². The third kappa shape index (κ3) is 2.16. The lowest BCUT2D eigenvalue weighted by Gasteiger charge is -2.33. The van der Waals surface area contributed by atoms with Crippen LogP contribution in [0.3, 0.4) is 0 Å². The molecule has 1 aliphatic carbocycles. The first kappa shape index (κ1) is 11.3. The molecule has 1 saturated carbocycles. The van der Waals surface area contributed by atoms with E-state index < -0.39 is 12.0 Å². The van der Waals surface area contributed by atoms with Crippen LogP contribution in [0.2, 0.25) is 0 Å². The Kier molecular flexibility index (Phi) is 3.33. The molecule has 6 heteroatoms. The minimum Gasteiger partial charge on any atom is -0.772 e. The van der Waals surface area contributed by atoms with Crippen LogP contribution in [-0.2, 0) is 9.59 Å². The number of nitrogens with two attached hydrogens (primary N) is 2. The summed E-state index contributed by atoms with van der Waals surface area (Å²) < 4.78 is 0. The zero-order chi connectivity index (χ0) is 10.9. The molecule has 0 saturated heterocycles. The zero-order valence-corrected chi connectivity index (χ0v) is 7.97. The summed E-state index contributed by atoms with van der Waals surface area (Å²) in [7, 11) is 0. The van der Waals surface area contributed by atoms with Crippen molar-refractivity contribution in [1.29, 1.82) is 0 Å². The van der Waals surface area contributed by atoms with E-state index in [0.29, 0.717) is 0 Å². The van der Waals surface area contributed by atoms with Gasteiger partial charge < -0.3 is 16.1 Å². The molecule has 0 spiro atoms. The number of hydroxylamine groups is 1. The van der Waals surface area contributed by atoms with Crippen LogP contribution in [0.1, 0.15) is 13.3 Å². The molecule has 0 aromatic carbocycles. The van der Waals surface area contributed by atoms with Gasteiger partial charge >= 0.3 is 0 Å². The molecule has 0 aliphatic heterocycles. The molecule has 1 fully saturated rings. The molecule has 0 radical (unpaired) electrons. The SMILES string of the molecule is CC1CC(=O)C(CN(N)[O-])C(=O)C1N. The largest absolute Gasteiger partial charge is 0.772 e. The molecule has 3 atom stereocenters. The number of hydrogen-bond acceptors (Lipinski definition) is 6. The number of rotatable bonds is 2. The zero-order valence-electron chi connectivity index (χ0n) is 7.97. The fourth-order valence-corrected chi connectivity index (χ4v) is 1.63. The molecule has 1 aliphatic rings. The van der Waals surface area contributed by atoms with E-state index in [1.54, 1.807) is 6.92 Å². The van der Waals surface area contributed by atoms with Gasteiger partial charge in [0.25, 0.3) is 0 Å². The number of carbonyl (C=O) groups is 2. The van der Waals surface area contributed by atoms with E-state index in [1.165, 1.54) is 0 Å².